The summed E-state index contributed by atoms with van der Waals surface area (Å²) in [5, 5.41) is 2.70. The fourth-order valence-corrected chi connectivity index (χ4v) is 2.25. The Morgan fingerprint density at radius 3 is 2.88 bits per heavy atom. The van der Waals surface area contributed by atoms with Crippen LogP contribution in [0.3, 0.4) is 0 Å². The van der Waals surface area contributed by atoms with Gasteiger partial charge in [-0.2, -0.15) is 0 Å². The monoisotopic (exact) mass is 347 g/mol. The Morgan fingerprint density at radius 1 is 1.20 bits per heavy atom. The average molecular weight is 347 g/mol. The molecule has 1 aliphatic heterocycles. The highest BCUT2D eigenvalue weighted by Crippen LogP contribution is 2.34. The van der Waals surface area contributed by atoms with Crippen LogP contribution in [0.1, 0.15) is 6.92 Å². The molecular weight excluding hydrogens is 329 g/mol. The van der Waals surface area contributed by atoms with Crippen LogP contribution in [0.15, 0.2) is 42.5 Å². The molecule has 0 aromatic heterocycles. The summed E-state index contributed by atoms with van der Waals surface area (Å²) in [5.41, 5.74) is 0. The van der Waals surface area contributed by atoms with E-state index in [1.165, 1.54) is 18.2 Å². The SMILES string of the molecule is CC(Oc1cccc(F)c1)C(=O)NCCOc1ccc2c(c1)OCO2. The van der Waals surface area contributed by atoms with Gasteiger partial charge in [-0.1, -0.05) is 6.07 Å². The van der Waals surface area contributed by atoms with Crippen LogP contribution in [-0.2, 0) is 4.79 Å². The minimum Gasteiger partial charge on any atom is -0.492 e. The minimum absolute atomic E-state index is 0.206. The summed E-state index contributed by atoms with van der Waals surface area (Å²) in [5.74, 6) is 1.53. The van der Waals surface area contributed by atoms with Gasteiger partial charge in [-0.25, -0.2) is 4.39 Å². The molecule has 1 heterocycles. The van der Waals surface area contributed by atoms with E-state index in [1.807, 2.05) is 0 Å². The molecule has 1 atom stereocenters. The van der Waals surface area contributed by atoms with E-state index in [0.29, 0.717) is 29.5 Å². The van der Waals surface area contributed by atoms with E-state index in [1.54, 1.807) is 31.2 Å². The first-order chi connectivity index (χ1) is 12.1. The molecule has 0 saturated carbocycles. The van der Waals surface area contributed by atoms with Crippen molar-refractivity contribution in [2.45, 2.75) is 13.0 Å². The van der Waals surface area contributed by atoms with Gasteiger partial charge in [0, 0.05) is 12.1 Å². The van der Waals surface area contributed by atoms with Crippen molar-refractivity contribution in [2.75, 3.05) is 19.9 Å². The Balaban J connectivity index is 1.40. The Bertz CT molecular complexity index is 752. The van der Waals surface area contributed by atoms with Crippen molar-refractivity contribution in [1.82, 2.24) is 5.32 Å². The van der Waals surface area contributed by atoms with E-state index in [0.717, 1.165) is 0 Å². The Hall–Kier alpha value is -2.96. The lowest BCUT2D eigenvalue weighted by Crippen LogP contribution is -2.38. The highest BCUT2D eigenvalue weighted by molar-refractivity contribution is 5.80. The second kappa shape index (κ2) is 7.74. The lowest BCUT2D eigenvalue weighted by atomic mass is 10.3. The molecule has 2 aromatic carbocycles. The van der Waals surface area contributed by atoms with Crippen LogP contribution in [0.25, 0.3) is 0 Å². The number of hydrogen-bond donors (Lipinski definition) is 1. The van der Waals surface area contributed by atoms with Gasteiger partial charge in [-0.05, 0) is 31.2 Å². The quantitative estimate of drug-likeness (QED) is 0.780. The summed E-state index contributed by atoms with van der Waals surface area (Å²) < 4.78 is 34.5. The zero-order valence-corrected chi connectivity index (χ0v) is 13.7. The molecule has 1 unspecified atom stereocenters. The van der Waals surface area contributed by atoms with Crippen LogP contribution in [0.2, 0.25) is 0 Å². The zero-order chi connectivity index (χ0) is 17.6. The van der Waals surface area contributed by atoms with Crippen molar-refractivity contribution in [1.29, 1.82) is 0 Å². The molecule has 25 heavy (non-hydrogen) atoms. The van der Waals surface area contributed by atoms with Crippen molar-refractivity contribution in [3.05, 3.63) is 48.3 Å². The lowest BCUT2D eigenvalue weighted by Gasteiger charge is -2.15. The first kappa shape index (κ1) is 16.9. The van der Waals surface area contributed by atoms with Crippen molar-refractivity contribution < 1.29 is 28.1 Å². The summed E-state index contributed by atoms with van der Waals surface area (Å²) >= 11 is 0. The number of nitrogens with one attached hydrogen (secondary N) is 1. The number of rotatable bonds is 7. The van der Waals surface area contributed by atoms with Gasteiger partial charge in [0.05, 0.1) is 6.54 Å². The topological polar surface area (TPSA) is 66.0 Å². The first-order valence-corrected chi connectivity index (χ1v) is 7.84. The number of benzene rings is 2. The van der Waals surface area contributed by atoms with Gasteiger partial charge in [0.25, 0.3) is 5.91 Å². The molecule has 6 nitrogen and oxygen atoms in total. The maximum absolute atomic E-state index is 13.1. The molecule has 3 rings (SSSR count). The second-order valence-electron chi connectivity index (χ2n) is 5.37. The molecule has 7 heteroatoms. The summed E-state index contributed by atoms with van der Waals surface area (Å²) in [6.07, 6.45) is -0.743. The highest BCUT2D eigenvalue weighted by Gasteiger charge is 2.15. The molecule has 132 valence electrons. The van der Waals surface area contributed by atoms with E-state index in [2.05, 4.69) is 5.32 Å². The van der Waals surface area contributed by atoms with E-state index >= 15 is 0 Å². The molecule has 0 saturated heterocycles. The summed E-state index contributed by atoms with van der Waals surface area (Å²) in [4.78, 5) is 12.0. The summed E-state index contributed by atoms with van der Waals surface area (Å²) in [6, 6.07) is 10.9. The van der Waals surface area contributed by atoms with E-state index in [9.17, 15) is 9.18 Å². The molecular formula is C18H18FNO5. The zero-order valence-electron chi connectivity index (χ0n) is 13.7. The number of carbonyl (C=O) groups excluding carboxylic acids is 1. The minimum atomic E-state index is -0.743. The van der Waals surface area contributed by atoms with Crippen LogP contribution in [0, 0.1) is 5.82 Å². The standard InChI is InChI=1S/C18H18FNO5/c1-12(25-15-4-2-3-13(19)9-15)18(21)20-7-8-22-14-5-6-16-17(10-14)24-11-23-16/h2-6,9-10,12H,7-8,11H2,1H3,(H,20,21). The largest absolute Gasteiger partial charge is 0.492 e. The molecule has 0 fully saturated rings. The van der Waals surface area contributed by atoms with Crippen molar-refractivity contribution in [2.24, 2.45) is 0 Å². The number of hydrogen-bond acceptors (Lipinski definition) is 5. The first-order valence-electron chi connectivity index (χ1n) is 7.84. The maximum Gasteiger partial charge on any atom is 0.260 e. The van der Waals surface area contributed by atoms with E-state index < -0.39 is 11.9 Å². The molecule has 2 aromatic rings. The molecule has 1 amide bonds. The van der Waals surface area contributed by atoms with Crippen LogP contribution < -0.4 is 24.3 Å². The summed E-state index contributed by atoms with van der Waals surface area (Å²) in [6.45, 7) is 2.40. The molecule has 1 aliphatic rings. The molecule has 0 bridgehead atoms. The van der Waals surface area contributed by atoms with Gasteiger partial charge in [-0.15, -0.1) is 0 Å². The van der Waals surface area contributed by atoms with Gasteiger partial charge in [-0.3, -0.25) is 4.79 Å². The predicted octanol–water partition coefficient (Wildman–Crippen LogP) is 2.52. The van der Waals surface area contributed by atoms with Gasteiger partial charge in [0.1, 0.15) is 23.9 Å². The second-order valence-corrected chi connectivity index (χ2v) is 5.37. The van der Waals surface area contributed by atoms with E-state index in [4.69, 9.17) is 18.9 Å². The highest BCUT2D eigenvalue weighted by atomic mass is 19.1. The molecule has 0 spiro atoms. The van der Waals surface area contributed by atoms with Crippen LogP contribution in [0.4, 0.5) is 4.39 Å². The third-order valence-corrected chi connectivity index (χ3v) is 3.49. The number of halogens is 1. The fourth-order valence-electron chi connectivity index (χ4n) is 2.25. The fraction of sp³-hybridized carbons (Fsp3) is 0.278. The molecule has 0 radical (unpaired) electrons. The normalized spacial score (nSPS) is 13.2. The lowest BCUT2D eigenvalue weighted by molar-refractivity contribution is -0.127. The predicted molar refractivity (Wildman–Crippen MR) is 87.6 cm³/mol. The third kappa shape index (κ3) is 4.53. The van der Waals surface area contributed by atoms with Crippen LogP contribution in [-0.4, -0.2) is 32.0 Å². The number of ether oxygens (including phenoxy) is 4. The average Bonchev–Trinajstić information content (AvgIpc) is 3.06. The molecule has 1 N–H and O–H groups in total. The van der Waals surface area contributed by atoms with Crippen LogP contribution >= 0.6 is 0 Å². The van der Waals surface area contributed by atoms with Gasteiger partial charge < -0.3 is 24.3 Å². The summed E-state index contributed by atoms with van der Waals surface area (Å²) in [7, 11) is 0. The van der Waals surface area contributed by atoms with Gasteiger partial charge in [0.15, 0.2) is 17.6 Å². The number of amides is 1. The Kier molecular flexibility index (Phi) is 5.23. The van der Waals surface area contributed by atoms with Crippen molar-refractivity contribution in [3.63, 3.8) is 0 Å². The van der Waals surface area contributed by atoms with E-state index in [-0.39, 0.29) is 19.3 Å². The smallest absolute Gasteiger partial charge is 0.260 e. The maximum atomic E-state index is 13.1. The van der Waals surface area contributed by atoms with Crippen LogP contribution in [0.5, 0.6) is 23.0 Å². The van der Waals surface area contributed by atoms with Gasteiger partial charge in [0.2, 0.25) is 6.79 Å². The third-order valence-electron chi connectivity index (χ3n) is 3.49. The van der Waals surface area contributed by atoms with Gasteiger partial charge >= 0.3 is 0 Å². The van der Waals surface area contributed by atoms with Crippen molar-refractivity contribution in [3.8, 4) is 23.0 Å². The Labute approximate surface area is 144 Å². The number of carbonyl (C=O) groups is 1. The Morgan fingerprint density at radius 2 is 2.04 bits per heavy atom. The number of fused-ring (bicyclic) bond motifs is 1. The van der Waals surface area contributed by atoms with Crippen molar-refractivity contribution >= 4 is 5.91 Å². The molecule has 0 aliphatic carbocycles.